The number of hydrogen-bond donors (Lipinski definition) is 1. The molecule has 78 valence electrons. The smallest absolute Gasteiger partial charge is 0.261 e. The Kier molecular flexibility index (Phi) is 1.97. The summed E-state index contributed by atoms with van der Waals surface area (Å²) >= 11 is 0. The normalized spacial score (nSPS) is 25.2. The summed E-state index contributed by atoms with van der Waals surface area (Å²) in [6.07, 6.45) is 4.42. The van der Waals surface area contributed by atoms with Crippen molar-refractivity contribution < 1.29 is 9.53 Å². The molecule has 1 aromatic rings. The zero-order chi connectivity index (χ0) is 10.3. The molecule has 2 aliphatic rings. The minimum atomic E-state index is -0.230. The number of carbonyl (C=O) groups is 1. The van der Waals surface area contributed by atoms with Gasteiger partial charge < -0.3 is 4.74 Å². The Morgan fingerprint density at radius 3 is 3.40 bits per heavy atom. The van der Waals surface area contributed by atoms with E-state index in [1.807, 2.05) is 18.2 Å². The van der Waals surface area contributed by atoms with Gasteiger partial charge in [0.1, 0.15) is 6.23 Å². The SMILES string of the molecule is O=C1C2=CCCN[C@H]2OCc2cccn21. The molecule has 1 N–H and O–H groups in total. The van der Waals surface area contributed by atoms with Gasteiger partial charge in [-0.2, -0.15) is 0 Å². The van der Waals surface area contributed by atoms with Crippen molar-refractivity contribution >= 4 is 5.91 Å². The lowest BCUT2D eigenvalue weighted by Gasteiger charge is -2.22. The van der Waals surface area contributed by atoms with E-state index in [2.05, 4.69) is 5.32 Å². The van der Waals surface area contributed by atoms with Crippen LogP contribution in [0.5, 0.6) is 0 Å². The Hall–Kier alpha value is -1.39. The van der Waals surface area contributed by atoms with Crippen LogP contribution >= 0.6 is 0 Å². The molecule has 0 radical (unpaired) electrons. The lowest BCUT2D eigenvalue weighted by molar-refractivity contribution is 0.0408. The molecule has 0 aromatic carbocycles. The van der Waals surface area contributed by atoms with Gasteiger partial charge in [-0.05, 0) is 18.6 Å². The van der Waals surface area contributed by atoms with Gasteiger partial charge in [0.2, 0.25) is 0 Å². The maximum absolute atomic E-state index is 12.1. The van der Waals surface area contributed by atoms with E-state index in [9.17, 15) is 4.79 Å². The van der Waals surface area contributed by atoms with Gasteiger partial charge in [0.25, 0.3) is 5.91 Å². The first-order valence-electron chi connectivity index (χ1n) is 5.12. The van der Waals surface area contributed by atoms with Crippen LogP contribution < -0.4 is 5.32 Å². The maximum Gasteiger partial charge on any atom is 0.261 e. The highest BCUT2D eigenvalue weighted by molar-refractivity contribution is 5.97. The number of hydrogen-bond acceptors (Lipinski definition) is 3. The van der Waals surface area contributed by atoms with E-state index in [4.69, 9.17) is 4.74 Å². The van der Waals surface area contributed by atoms with E-state index in [-0.39, 0.29) is 12.1 Å². The summed E-state index contributed by atoms with van der Waals surface area (Å²) in [4.78, 5) is 12.1. The Morgan fingerprint density at radius 2 is 2.47 bits per heavy atom. The quantitative estimate of drug-likeness (QED) is 0.683. The van der Waals surface area contributed by atoms with Crippen molar-refractivity contribution in [1.29, 1.82) is 0 Å². The molecular formula is C11H12N2O2. The van der Waals surface area contributed by atoms with E-state index in [0.29, 0.717) is 6.61 Å². The van der Waals surface area contributed by atoms with Crippen LogP contribution in [0.2, 0.25) is 0 Å². The minimum absolute atomic E-state index is 0.0321. The summed E-state index contributed by atoms with van der Waals surface area (Å²) in [5.74, 6) is 0.0321. The highest BCUT2D eigenvalue weighted by Crippen LogP contribution is 2.20. The van der Waals surface area contributed by atoms with Gasteiger partial charge in [-0.15, -0.1) is 0 Å². The van der Waals surface area contributed by atoms with Crippen LogP contribution in [0.15, 0.2) is 30.0 Å². The van der Waals surface area contributed by atoms with Crippen LogP contribution in [0, 0.1) is 0 Å². The first-order valence-corrected chi connectivity index (χ1v) is 5.12. The van der Waals surface area contributed by atoms with Crippen LogP contribution in [0.1, 0.15) is 16.9 Å². The molecule has 0 unspecified atom stereocenters. The van der Waals surface area contributed by atoms with Gasteiger partial charge >= 0.3 is 0 Å². The molecule has 0 saturated heterocycles. The molecule has 15 heavy (non-hydrogen) atoms. The summed E-state index contributed by atoms with van der Waals surface area (Å²) < 4.78 is 7.31. The molecule has 0 fully saturated rings. The molecule has 3 rings (SSSR count). The van der Waals surface area contributed by atoms with Gasteiger partial charge in [-0.1, -0.05) is 6.08 Å². The van der Waals surface area contributed by atoms with Crippen molar-refractivity contribution in [3.63, 3.8) is 0 Å². The highest BCUT2D eigenvalue weighted by atomic mass is 16.5. The fourth-order valence-corrected chi connectivity index (χ4v) is 2.05. The van der Waals surface area contributed by atoms with E-state index < -0.39 is 0 Å². The molecule has 1 aromatic heterocycles. The van der Waals surface area contributed by atoms with Crippen LogP contribution in [0.4, 0.5) is 0 Å². The van der Waals surface area contributed by atoms with Crippen LogP contribution in [0.3, 0.4) is 0 Å². The highest BCUT2D eigenvalue weighted by Gasteiger charge is 2.28. The Labute approximate surface area is 87.5 Å². The average Bonchev–Trinajstić information content (AvgIpc) is 2.69. The first kappa shape index (κ1) is 8.88. The number of ether oxygens (including phenoxy) is 1. The van der Waals surface area contributed by atoms with E-state index in [0.717, 1.165) is 24.2 Å². The Morgan fingerprint density at radius 1 is 1.53 bits per heavy atom. The number of nitrogens with zero attached hydrogens (tertiary/aromatic N) is 1. The van der Waals surface area contributed by atoms with Gasteiger partial charge in [0.15, 0.2) is 0 Å². The van der Waals surface area contributed by atoms with Crippen molar-refractivity contribution in [1.82, 2.24) is 9.88 Å². The lowest BCUT2D eigenvalue weighted by atomic mass is 10.1. The van der Waals surface area contributed by atoms with Crippen LogP contribution in [-0.2, 0) is 11.3 Å². The minimum Gasteiger partial charge on any atom is -0.353 e. The summed E-state index contributed by atoms with van der Waals surface area (Å²) in [6, 6.07) is 3.78. The third-order valence-electron chi connectivity index (χ3n) is 2.82. The second kappa shape index (κ2) is 3.32. The molecule has 3 heterocycles. The average molecular weight is 204 g/mol. The van der Waals surface area contributed by atoms with E-state index in [1.165, 1.54) is 0 Å². The van der Waals surface area contributed by atoms with Crippen molar-refractivity contribution in [2.75, 3.05) is 6.54 Å². The summed E-state index contributed by atoms with van der Waals surface area (Å²) in [7, 11) is 0. The summed E-state index contributed by atoms with van der Waals surface area (Å²) in [5.41, 5.74) is 1.65. The third kappa shape index (κ3) is 1.33. The number of rotatable bonds is 0. The van der Waals surface area contributed by atoms with E-state index in [1.54, 1.807) is 10.8 Å². The Balaban J connectivity index is 2.07. The first-order chi connectivity index (χ1) is 7.36. The standard InChI is InChI=1S/C11H12N2O2/c14-11-9-4-1-5-12-10(9)15-7-8-3-2-6-13(8)11/h2-4,6,10,12H,1,5,7H2/t10-/m0/s1. The molecule has 0 amide bonds. The predicted octanol–water partition coefficient (Wildman–Crippen LogP) is 0.904. The largest absolute Gasteiger partial charge is 0.353 e. The maximum atomic E-state index is 12.1. The second-order valence-corrected chi connectivity index (χ2v) is 3.77. The molecule has 4 nitrogen and oxygen atoms in total. The van der Waals surface area contributed by atoms with Crippen molar-refractivity contribution in [2.45, 2.75) is 19.3 Å². The Bertz CT molecular complexity index is 434. The van der Waals surface area contributed by atoms with Gasteiger partial charge in [0, 0.05) is 12.7 Å². The fourth-order valence-electron chi connectivity index (χ4n) is 2.05. The van der Waals surface area contributed by atoms with Gasteiger partial charge in [0.05, 0.1) is 17.9 Å². The van der Waals surface area contributed by atoms with Gasteiger partial charge in [-0.25, -0.2) is 0 Å². The van der Waals surface area contributed by atoms with Crippen molar-refractivity contribution in [2.24, 2.45) is 0 Å². The van der Waals surface area contributed by atoms with Crippen molar-refractivity contribution in [3.05, 3.63) is 35.7 Å². The van der Waals surface area contributed by atoms with E-state index >= 15 is 0 Å². The summed E-state index contributed by atoms with van der Waals surface area (Å²) in [6.45, 7) is 1.35. The topological polar surface area (TPSA) is 43.3 Å². The molecule has 0 saturated carbocycles. The van der Waals surface area contributed by atoms with Gasteiger partial charge in [-0.3, -0.25) is 14.7 Å². The summed E-state index contributed by atoms with van der Waals surface area (Å²) in [5, 5.41) is 3.19. The zero-order valence-electron chi connectivity index (χ0n) is 8.27. The molecule has 4 heteroatoms. The molecule has 0 bridgehead atoms. The second-order valence-electron chi connectivity index (χ2n) is 3.77. The third-order valence-corrected chi connectivity index (χ3v) is 2.82. The molecule has 1 atom stereocenters. The number of fused-ring (bicyclic) bond motifs is 2. The molecular weight excluding hydrogens is 192 g/mol. The van der Waals surface area contributed by atoms with Crippen LogP contribution in [-0.4, -0.2) is 23.2 Å². The predicted molar refractivity (Wildman–Crippen MR) is 54.3 cm³/mol. The zero-order valence-corrected chi connectivity index (χ0v) is 8.27. The number of nitrogens with one attached hydrogen (secondary N) is 1. The van der Waals surface area contributed by atoms with Crippen LogP contribution in [0.25, 0.3) is 0 Å². The monoisotopic (exact) mass is 204 g/mol. The number of aromatic nitrogens is 1. The fraction of sp³-hybridized carbons (Fsp3) is 0.364. The molecule has 0 spiro atoms. The lowest BCUT2D eigenvalue weighted by Crippen LogP contribution is -2.39. The van der Waals surface area contributed by atoms with Crippen molar-refractivity contribution in [3.8, 4) is 0 Å². The molecule has 0 aliphatic carbocycles. The number of carbonyl (C=O) groups excluding carboxylic acids is 1. The molecule has 2 aliphatic heterocycles.